The van der Waals surface area contributed by atoms with E-state index in [1.54, 1.807) is 42.5 Å². The highest BCUT2D eigenvalue weighted by molar-refractivity contribution is 9.10. The van der Waals surface area contributed by atoms with Crippen molar-refractivity contribution < 1.29 is 14.3 Å². The Labute approximate surface area is 235 Å². The van der Waals surface area contributed by atoms with E-state index in [0.29, 0.717) is 40.2 Å². The minimum absolute atomic E-state index is 0.149. The summed E-state index contributed by atoms with van der Waals surface area (Å²) in [6.07, 6.45) is 0.787. The molecule has 0 unspecified atom stereocenters. The first-order chi connectivity index (χ1) is 18.5. The first-order valence-electron chi connectivity index (χ1n) is 12.0. The molecule has 0 spiro atoms. The van der Waals surface area contributed by atoms with Crippen LogP contribution in [0.15, 0.2) is 108 Å². The van der Waals surface area contributed by atoms with Crippen molar-refractivity contribution in [2.75, 3.05) is 11.9 Å². The normalized spacial score (nSPS) is 10.3. The van der Waals surface area contributed by atoms with Gasteiger partial charge in [0.2, 0.25) is 0 Å². The second kappa shape index (κ2) is 13.5. The van der Waals surface area contributed by atoms with Crippen LogP contribution in [0.3, 0.4) is 0 Å². The lowest BCUT2D eigenvalue weighted by atomic mass is 10.1. The van der Waals surface area contributed by atoms with Crippen LogP contribution in [0.1, 0.15) is 31.8 Å². The Morgan fingerprint density at radius 2 is 1.39 bits per heavy atom. The van der Waals surface area contributed by atoms with E-state index in [2.05, 4.69) is 44.0 Å². The third-order valence-electron chi connectivity index (χ3n) is 5.61. The van der Waals surface area contributed by atoms with E-state index in [9.17, 15) is 9.59 Å². The maximum atomic E-state index is 12.7. The molecule has 4 aromatic rings. The van der Waals surface area contributed by atoms with Crippen molar-refractivity contribution in [3.05, 3.63) is 130 Å². The molecule has 0 aromatic heterocycles. The second-order valence-corrected chi connectivity index (χ2v) is 9.65. The van der Waals surface area contributed by atoms with Gasteiger partial charge in [0, 0.05) is 29.8 Å². The first kappa shape index (κ1) is 27.0. The lowest BCUT2D eigenvalue weighted by molar-refractivity contribution is 0.0948. The molecule has 0 saturated heterocycles. The number of ether oxygens (including phenoxy) is 1. The molecule has 2 amide bonds. The van der Waals surface area contributed by atoms with E-state index in [0.717, 1.165) is 12.0 Å². The number of nitrogens with one attached hydrogen (secondary N) is 3. The fraction of sp³-hybridized carbons (Fsp3) is 0.100. The van der Waals surface area contributed by atoms with Crippen LogP contribution in [0.5, 0.6) is 5.75 Å². The Morgan fingerprint density at radius 1 is 0.763 bits per heavy atom. The summed E-state index contributed by atoms with van der Waals surface area (Å²) in [5.41, 5.74) is 3.83. The smallest absolute Gasteiger partial charge is 0.257 e. The molecule has 0 aliphatic rings. The van der Waals surface area contributed by atoms with Gasteiger partial charge in [-0.3, -0.25) is 14.9 Å². The molecule has 0 aliphatic heterocycles. The van der Waals surface area contributed by atoms with E-state index in [1.807, 2.05) is 48.5 Å². The van der Waals surface area contributed by atoms with Gasteiger partial charge in [-0.05, 0) is 81.7 Å². The summed E-state index contributed by atoms with van der Waals surface area (Å²) in [6, 6.07) is 31.8. The molecule has 0 heterocycles. The third-order valence-corrected chi connectivity index (χ3v) is 6.44. The minimum Gasteiger partial charge on any atom is -0.492 e. The van der Waals surface area contributed by atoms with Crippen LogP contribution >= 0.6 is 28.1 Å². The summed E-state index contributed by atoms with van der Waals surface area (Å²) in [5, 5.41) is 8.68. The van der Waals surface area contributed by atoms with E-state index >= 15 is 0 Å². The van der Waals surface area contributed by atoms with Crippen molar-refractivity contribution in [1.82, 2.24) is 10.6 Å². The molecule has 4 aromatic carbocycles. The van der Waals surface area contributed by atoms with Crippen LogP contribution in [-0.2, 0) is 13.0 Å². The number of amides is 2. The molecule has 8 heteroatoms. The van der Waals surface area contributed by atoms with Crippen LogP contribution in [0.4, 0.5) is 5.69 Å². The lowest BCUT2D eigenvalue weighted by Gasteiger charge is -2.12. The Morgan fingerprint density at radius 3 is 2.05 bits per heavy atom. The number of hydrogen-bond donors (Lipinski definition) is 3. The van der Waals surface area contributed by atoms with Crippen molar-refractivity contribution in [3.8, 4) is 5.75 Å². The number of carbonyl (C=O) groups is 2. The first-order valence-corrected chi connectivity index (χ1v) is 13.2. The highest BCUT2D eigenvalue weighted by Crippen LogP contribution is 2.26. The zero-order chi connectivity index (χ0) is 26.7. The molecule has 4 rings (SSSR count). The zero-order valence-corrected chi connectivity index (χ0v) is 22.8. The van der Waals surface area contributed by atoms with Gasteiger partial charge in [-0.2, -0.15) is 0 Å². The van der Waals surface area contributed by atoms with Gasteiger partial charge in [0.15, 0.2) is 5.11 Å². The van der Waals surface area contributed by atoms with Gasteiger partial charge >= 0.3 is 0 Å². The van der Waals surface area contributed by atoms with Gasteiger partial charge in [-0.15, -0.1) is 0 Å². The van der Waals surface area contributed by atoms with Crippen LogP contribution in [0.25, 0.3) is 0 Å². The number of benzene rings is 4. The van der Waals surface area contributed by atoms with Gasteiger partial charge < -0.3 is 15.4 Å². The van der Waals surface area contributed by atoms with Crippen molar-refractivity contribution >= 4 is 50.8 Å². The Bertz CT molecular complexity index is 1400. The second-order valence-electron chi connectivity index (χ2n) is 8.38. The third kappa shape index (κ3) is 7.99. The zero-order valence-electron chi connectivity index (χ0n) is 20.4. The maximum absolute atomic E-state index is 12.7. The Balaban J connectivity index is 1.24. The summed E-state index contributed by atoms with van der Waals surface area (Å²) in [4.78, 5) is 25.1. The molecule has 0 saturated carbocycles. The quantitative estimate of drug-likeness (QED) is 0.205. The fourth-order valence-corrected chi connectivity index (χ4v) is 4.31. The SMILES string of the molecule is O=C(NCc1ccccc1)c1ccc(NC(=S)NC(=O)c2ccc(OCCc3ccccc3)c(Br)c2)cc1. The van der Waals surface area contributed by atoms with E-state index in [4.69, 9.17) is 17.0 Å². The maximum Gasteiger partial charge on any atom is 0.257 e. The van der Waals surface area contributed by atoms with E-state index in [-0.39, 0.29) is 16.9 Å². The molecule has 0 aliphatic carbocycles. The summed E-state index contributed by atoms with van der Waals surface area (Å²) in [7, 11) is 0. The molecule has 38 heavy (non-hydrogen) atoms. The molecule has 3 N–H and O–H groups in total. The highest BCUT2D eigenvalue weighted by atomic mass is 79.9. The predicted molar refractivity (Wildman–Crippen MR) is 158 cm³/mol. The van der Waals surface area contributed by atoms with Gasteiger partial charge in [0.1, 0.15) is 5.75 Å². The van der Waals surface area contributed by atoms with Crippen molar-refractivity contribution in [1.29, 1.82) is 0 Å². The molecule has 0 bridgehead atoms. The molecular formula is C30H26BrN3O3S. The van der Waals surface area contributed by atoms with Crippen LogP contribution in [0, 0.1) is 0 Å². The fourth-order valence-electron chi connectivity index (χ4n) is 3.61. The average molecular weight is 589 g/mol. The van der Waals surface area contributed by atoms with E-state index in [1.165, 1.54) is 5.56 Å². The van der Waals surface area contributed by atoms with Crippen molar-refractivity contribution in [2.24, 2.45) is 0 Å². The van der Waals surface area contributed by atoms with Gasteiger partial charge in [0.05, 0.1) is 11.1 Å². The van der Waals surface area contributed by atoms with Crippen LogP contribution in [-0.4, -0.2) is 23.5 Å². The molecule has 0 fully saturated rings. The molecular weight excluding hydrogens is 562 g/mol. The van der Waals surface area contributed by atoms with Crippen LogP contribution in [0.2, 0.25) is 0 Å². The number of anilines is 1. The molecule has 0 radical (unpaired) electrons. The standard InChI is InChI=1S/C30H26BrN3O3S/c31-26-19-24(13-16-27(26)37-18-17-21-7-3-1-4-8-21)29(36)34-30(38)33-25-14-11-23(12-15-25)28(35)32-20-22-9-5-2-6-10-22/h1-16,19H,17-18,20H2,(H,32,35)(H2,33,34,36,38). The van der Waals surface area contributed by atoms with Gasteiger partial charge in [-0.25, -0.2) is 0 Å². The topological polar surface area (TPSA) is 79.5 Å². The van der Waals surface area contributed by atoms with E-state index < -0.39 is 0 Å². The summed E-state index contributed by atoms with van der Waals surface area (Å²) >= 11 is 8.77. The summed E-state index contributed by atoms with van der Waals surface area (Å²) < 4.78 is 6.53. The molecule has 6 nitrogen and oxygen atoms in total. The minimum atomic E-state index is -0.351. The number of carbonyl (C=O) groups excluding carboxylic acids is 2. The van der Waals surface area contributed by atoms with Crippen LogP contribution < -0.4 is 20.7 Å². The predicted octanol–water partition coefficient (Wildman–Crippen LogP) is 6.13. The number of thiocarbonyl (C=S) groups is 1. The molecule has 0 atom stereocenters. The monoisotopic (exact) mass is 587 g/mol. The van der Waals surface area contributed by atoms with Crippen molar-refractivity contribution in [3.63, 3.8) is 0 Å². The van der Waals surface area contributed by atoms with Gasteiger partial charge in [0.25, 0.3) is 11.8 Å². The highest BCUT2D eigenvalue weighted by Gasteiger charge is 2.12. The Kier molecular flexibility index (Phi) is 9.61. The summed E-state index contributed by atoms with van der Waals surface area (Å²) in [5.74, 6) is 0.136. The largest absolute Gasteiger partial charge is 0.492 e. The Hall–Kier alpha value is -4.01. The number of hydrogen-bond acceptors (Lipinski definition) is 4. The number of halogens is 1. The molecule has 192 valence electrons. The van der Waals surface area contributed by atoms with Gasteiger partial charge in [-0.1, -0.05) is 60.7 Å². The average Bonchev–Trinajstić information content (AvgIpc) is 2.94. The van der Waals surface area contributed by atoms with Crippen molar-refractivity contribution in [2.45, 2.75) is 13.0 Å². The summed E-state index contributed by atoms with van der Waals surface area (Å²) in [6.45, 7) is 0.975. The lowest BCUT2D eigenvalue weighted by Crippen LogP contribution is -2.34. The number of rotatable bonds is 9.